The van der Waals surface area contributed by atoms with Crippen molar-refractivity contribution in [3.63, 3.8) is 0 Å². The molecule has 8 nitrogen and oxygen atoms in total. The second-order valence-corrected chi connectivity index (χ2v) is 6.45. The summed E-state index contributed by atoms with van der Waals surface area (Å²) in [4.78, 5) is 14.5. The van der Waals surface area contributed by atoms with E-state index in [-0.39, 0.29) is 11.9 Å². The number of hydrogen-bond acceptors (Lipinski definition) is 6. The van der Waals surface area contributed by atoms with Crippen LogP contribution in [0.25, 0.3) is 0 Å². The van der Waals surface area contributed by atoms with E-state index in [1.54, 1.807) is 24.8 Å². The van der Waals surface area contributed by atoms with Crippen molar-refractivity contribution in [2.24, 2.45) is 7.05 Å². The normalized spacial score (nSPS) is 17.8. The number of amides is 1. The van der Waals surface area contributed by atoms with Crippen LogP contribution in [0.15, 0.2) is 10.6 Å². The van der Waals surface area contributed by atoms with Gasteiger partial charge in [-0.3, -0.25) is 9.69 Å². The molecule has 136 valence electrons. The minimum absolute atomic E-state index is 0.0613. The Kier molecular flexibility index (Phi) is 5.08. The van der Waals surface area contributed by atoms with E-state index in [9.17, 15) is 4.79 Å². The molecule has 0 aliphatic carbocycles. The lowest BCUT2D eigenvalue weighted by Gasteiger charge is -2.24. The molecule has 2 aromatic rings. The number of methoxy groups -OCH3 is 1. The third kappa shape index (κ3) is 3.68. The number of rotatable bonds is 6. The van der Waals surface area contributed by atoms with E-state index in [1.165, 1.54) is 0 Å². The fourth-order valence-corrected chi connectivity index (χ4v) is 3.58. The monoisotopic (exact) mass is 347 g/mol. The number of nitrogens with zero attached hydrogens (tertiary/aromatic N) is 4. The fourth-order valence-electron chi connectivity index (χ4n) is 3.58. The Balaban J connectivity index is 1.63. The van der Waals surface area contributed by atoms with Crippen LogP contribution in [-0.4, -0.2) is 45.9 Å². The SMILES string of the molecule is COc1c(C2CCCN2CCC(=O)Nc2cc(C)on2)c(C)nn1C. The van der Waals surface area contributed by atoms with Gasteiger partial charge in [0, 0.05) is 32.1 Å². The predicted molar refractivity (Wildman–Crippen MR) is 92.5 cm³/mol. The first-order chi connectivity index (χ1) is 12.0. The molecule has 1 unspecified atom stereocenters. The van der Waals surface area contributed by atoms with Gasteiger partial charge in [0.1, 0.15) is 5.76 Å². The highest BCUT2D eigenvalue weighted by atomic mass is 16.5. The summed E-state index contributed by atoms with van der Waals surface area (Å²) in [6.07, 6.45) is 2.56. The van der Waals surface area contributed by atoms with Gasteiger partial charge in [-0.15, -0.1) is 0 Å². The van der Waals surface area contributed by atoms with Gasteiger partial charge < -0.3 is 14.6 Å². The number of anilines is 1. The Hall–Kier alpha value is -2.35. The zero-order valence-electron chi connectivity index (χ0n) is 15.2. The van der Waals surface area contributed by atoms with Gasteiger partial charge in [0.25, 0.3) is 0 Å². The third-order valence-corrected chi connectivity index (χ3v) is 4.63. The molecule has 8 heteroatoms. The molecule has 1 aliphatic rings. The summed E-state index contributed by atoms with van der Waals surface area (Å²) in [5.41, 5.74) is 2.12. The number of hydrogen-bond donors (Lipinski definition) is 1. The fraction of sp³-hybridized carbons (Fsp3) is 0.588. The first kappa shape index (κ1) is 17.5. The molecule has 0 saturated carbocycles. The summed E-state index contributed by atoms with van der Waals surface area (Å²) in [6, 6.07) is 1.95. The molecule has 2 aromatic heterocycles. The van der Waals surface area contributed by atoms with Crippen molar-refractivity contribution in [1.29, 1.82) is 0 Å². The van der Waals surface area contributed by atoms with Crippen LogP contribution >= 0.6 is 0 Å². The maximum absolute atomic E-state index is 12.2. The summed E-state index contributed by atoms with van der Waals surface area (Å²) in [7, 11) is 3.56. The van der Waals surface area contributed by atoms with Crippen molar-refractivity contribution in [1.82, 2.24) is 19.8 Å². The Morgan fingerprint density at radius 2 is 2.28 bits per heavy atom. The third-order valence-electron chi connectivity index (χ3n) is 4.63. The van der Waals surface area contributed by atoms with Crippen molar-refractivity contribution < 1.29 is 14.1 Å². The van der Waals surface area contributed by atoms with Crippen molar-refractivity contribution >= 4 is 11.7 Å². The lowest BCUT2D eigenvalue weighted by atomic mass is 10.0. The van der Waals surface area contributed by atoms with Crippen molar-refractivity contribution in [3.8, 4) is 5.88 Å². The lowest BCUT2D eigenvalue weighted by molar-refractivity contribution is -0.116. The number of aryl methyl sites for hydroxylation is 3. The van der Waals surface area contributed by atoms with Gasteiger partial charge in [-0.2, -0.15) is 5.10 Å². The molecule has 25 heavy (non-hydrogen) atoms. The van der Waals surface area contributed by atoms with Crippen LogP contribution in [0.1, 0.15) is 42.3 Å². The Bertz CT molecular complexity index is 752. The van der Waals surface area contributed by atoms with Crippen LogP contribution in [0, 0.1) is 13.8 Å². The van der Waals surface area contributed by atoms with Crippen LogP contribution in [0.5, 0.6) is 5.88 Å². The summed E-state index contributed by atoms with van der Waals surface area (Å²) < 4.78 is 12.3. The molecule has 1 atom stereocenters. The smallest absolute Gasteiger partial charge is 0.226 e. The molecule has 1 N–H and O–H groups in total. The van der Waals surface area contributed by atoms with E-state index in [2.05, 4.69) is 20.5 Å². The van der Waals surface area contributed by atoms with Gasteiger partial charge >= 0.3 is 0 Å². The van der Waals surface area contributed by atoms with Gasteiger partial charge in [0.15, 0.2) is 5.82 Å². The topological polar surface area (TPSA) is 85.4 Å². The minimum Gasteiger partial charge on any atom is -0.481 e. The van der Waals surface area contributed by atoms with Crippen LogP contribution in [0.2, 0.25) is 0 Å². The maximum Gasteiger partial charge on any atom is 0.226 e. The van der Waals surface area contributed by atoms with Crippen molar-refractivity contribution in [2.75, 3.05) is 25.5 Å². The Morgan fingerprint density at radius 1 is 1.48 bits per heavy atom. The highest BCUT2D eigenvalue weighted by molar-refractivity contribution is 5.89. The molecule has 1 saturated heterocycles. The van der Waals surface area contributed by atoms with Gasteiger partial charge in [-0.1, -0.05) is 5.16 Å². The van der Waals surface area contributed by atoms with E-state index < -0.39 is 0 Å². The molecular weight excluding hydrogens is 322 g/mol. The second kappa shape index (κ2) is 7.26. The van der Waals surface area contributed by atoms with Crippen molar-refractivity contribution in [3.05, 3.63) is 23.1 Å². The molecular formula is C17H25N5O3. The van der Waals surface area contributed by atoms with E-state index in [4.69, 9.17) is 9.26 Å². The van der Waals surface area contributed by atoms with Crippen LogP contribution in [-0.2, 0) is 11.8 Å². The van der Waals surface area contributed by atoms with Crippen LogP contribution in [0.3, 0.4) is 0 Å². The summed E-state index contributed by atoms with van der Waals surface area (Å²) in [5, 5.41) is 11.0. The molecule has 0 bridgehead atoms. The van der Waals surface area contributed by atoms with Crippen LogP contribution in [0.4, 0.5) is 5.82 Å². The Labute approximate surface area is 147 Å². The van der Waals surface area contributed by atoms with E-state index >= 15 is 0 Å². The molecule has 1 amide bonds. The van der Waals surface area contributed by atoms with Gasteiger partial charge in [0.05, 0.1) is 18.4 Å². The molecule has 3 heterocycles. The Morgan fingerprint density at radius 3 is 2.96 bits per heavy atom. The summed E-state index contributed by atoms with van der Waals surface area (Å²) >= 11 is 0. The maximum atomic E-state index is 12.2. The average molecular weight is 347 g/mol. The van der Waals surface area contributed by atoms with E-state index in [0.717, 1.165) is 36.5 Å². The number of nitrogens with one attached hydrogen (secondary N) is 1. The molecule has 1 aliphatic heterocycles. The predicted octanol–water partition coefficient (Wildman–Crippen LogP) is 2.20. The summed E-state index contributed by atoms with van der Waals surface area (Å²) in [5.74, 6) is 1.88. The highest BCUT2D eigenvalue weighted by Crippen LogP contribution is 2.38. The highest BCUT2D eigenvalue weighted by Gasteiger charge is 2.32. The largest absolute Gasteiger partial charge is 0.481 e. The molecule has 0 spiro atoms. The van der Waals surface area contributed by atoms with Gasteiger partial charge in [-0.05, 0) is 33.2 Å². The van der Waals surface area contributed by atoms with Gasteiger partial charge in [-0.25, -0.2) is 4.68 Å². The average Bonchev–Trinajstić information content (AvgIpc) is 3.24. The van der Waals surface area contributed by atoms with E-state index in [1.807, 2.05) is 14.0 Å². The van der Waals surface area contributed by atoms with E-state index in [0.29, 0.717) is 24.5 Å². The molecule has 0 aromatic carbocycles. The second-order valence-electron chi connectivity index (χ2n) is 6.45. The zero-order chi connectivity index (χ0) is 18.0. The standard InChI is InChI=1S/C17H25N5O3/c1-11-10-14(20-25-11)18-15(23)7-9-22-8-5-6-13(22)16-12(2)19-21(3)17(16)24-4/h10,13H,5-9H2,1-4H3,(H,18,20,23). The number of likely N-dealkylation sites (tertiary alicyclic amines) is 1. The van der Waals surface area contributed by atoms with Crippen LogP contribution < -0.4 is 10.1 Å². The van der Waals surface area contributed by atoms with Crippen molar-refractivity contribution in [2.45, 2.75) is 39.2 Å². The molecule has 1 fully saturated rings. The summed E-state index contributed by atoms with van der Waals surface area (Å²) in [6.45, 7) is 5.46. The first-order valence-corrected chi connectivity index (χ1v) is 8.54. The first-order valence-electron chi connectivity index (χ1n) is 8.54. The molecule has 3 rings (SSSR count). The quantitative estimate of drug-likeness (QED) is 0.862. The number of carbonyl (C=O) groups is 1. The minimum atomic E-state index is -0.0613. The zero-order valence-corrected chi connectivity index (χ0v) is 15.2. The molecule has 0 radical (unpaired) electrons. The lowest BCUT2D eigenvalue weighted by Crippen LogP contribution is -2.28. The number of carbonyl (C=O) groups excluding carboxylic acids is 1. The number of aromatic nitrogens is 3. The number of ether oxygens (including phenoxy) is 1. The van der Waals surface area contributed by atoms with Gasteiger partial charge in [0.2, 0.25) is 11.8 Å².